The van der Waals surface area contributed by atoms with Crippen LogP contribution in [0.2, 0.25) is 0 Å². The van der Waals surface area contributed by atoms with Gasteiger partial charge in [-0.05, 0) is 31.6 Å². The Hall–Kier alpha value is -0.340. The van der Waals surface area contributed by atoms with Gasteiger partial charge in [0.1, 0.15) is 0 Å². The van der Waals surface area contributed by atoms with Crippen molar-refractivity contribution in [2.45, 2.75) is 26.7 Å². The van der Waals surface area contributed by atoms with Crippen LogP contribution in [0, 0.1) is 11.8 Å². The van der Waals surface area contributed by atoms with Crippen LogP contribution in [0.3, 0.4) is 0 Å². The van der Waals surface area contributed by atoms with Gasteiger partial charge in [0.15, 0.2) is 0 Å². The van der Waals surface area contributed by atoms with Crippen molar-refractivity contribution in [2.24, 2.45) is 11.8 Å². The zero-order valence-electron chi connectivity index (χ0n) is 10.0. The molecule has 0 aromatic carbocycles. The third-order valence-corrected chi connectivity index (χ3v) is 3.92. The maximum absolute atomic E-state index is 5.39. The number of ether oxygens (including phenoxy) is 1. The summed E-state index contributed by atoms with van der Waals surface area (Å²) in [4.78, 5) is 2.56. The second kappa shape index (κ2) is 5.13. The Morgan fingerprint density at radius 3 is 2.80 bits per heavy atom. The molecule has 2 nitrogen and oxygen atoms in total. The summed E-state index contributed by atoms with van der Waals surface area (Å²) in [5, 5.41) is 0. The van der Waals surface area contributed by atoms with Crippen LogP contribution in [0.15, 0.2) is 11.6 Å². The lowest BCUT2D eigenvalue weighted by Gasteiger charge is -2.35. The lowest BCUT2D eigenvalue weighted by Crippen LogP contribution is -2.41. The minimum absolute atomic E-state index is 0.789. The summed E-state index contributed by atoms with van der Waals surface area (Å²) in [7, 11) is 0. The number of hydrogen-bond acceptors (Lipinski definition) is 2. The molecular weight excluding hydrogens is 186 g/mol. The van der Waals surface area contributed by atoms with Crippen molar-refractivity contribution in [3.63, 3.8) is 0 Å². The monoisotopic (exact) mass is 209 g/mol. The van der Waals surface area contributed by atoms with E-state index in [4.69, 9.17) is 4.74 Å². The fourth-order valence-electron chi connectivity index (χ4n) is 2.76. The summed E-state index contributed by atoms with van der Waals surface area (Å²) in [5.74, 6) is 1.65. The number of hydrogen-bond donors (Lipinski definition) is 0. The van der Waals surface area contributed by atoms with Crippen molar-refractivity contribution in [3.05, 3.63) is 11.6 Å². The van der Waals surface area contributed by atoms with Crippen LogP contribution in [0.5, 0.6) is 0 Å². The van der Waals surface area contributed by atoms with Gasteiger partial charge in [-0.3, -0.25) is 4.90 Å². The summed E-state index contributed by atoms with van der Waals surface area (Å²) >= 11 is 0. The van der Waals surface area contributed by atoms with E-state index in [1.165, 1.54) is 19.4 Å². The molecule has 2 rings (SSSR count). The van der Waals surface area contributed by atoms with Gasteiger partial charge in [0, 0.05) is 19.6 Å². The molecule has 1 saturated heterocycles. The number of morpholine rings is 1. The van der Waals surface area contributed by atoms with Gasteiger partial charge >= 0.3 is 0 Å². The maximum Gasteiger partial charge on any atom is 0.0594 e. The van der Waals surface area contributed by atoms with Gasteiger partial charge in [0.2, 0.25) is 0 Å². The molecule has 0 bridgehead atoms. The van der Waals surface area contributed by atoms with Crippen molar-refractivity contribution in [1.29, 1.82) is 0 Å². The molecule has 0 radical (unpaired) electrons. The second-order valence-electron chi connectivity index (χ2n) is 5.02. The molecule has 86 valence electrons. The average molecular weight is 209 g/mol. The van der Waals surface area contributed by atoms with E-state index in [-0.39, 0.29) is 0 Å². The third kappa shape index (κ3) is 2.82. The van der Waals surface area contributed by atoms with Crippen LogP contribution in [0.4, 0.5) is 0 Å². The minimum Gasteiger partial charge on any atom is -0.379 e. The zero-order valence-corrected chi connectivity index (χ0v) is 10.0. The Kier molecular flexibility index (Phi) is 3.81. The average Bonchev–Trinajstić information content (AvgIpc) is 2.25. The summed E-state index contributed by atoms with van der Waals surface area (Å²) in [6.45, 7) is 10.0. The Bertz CT molecular complexity index is 231. The van der Waals surface area contributed by atoms with Gasteiger partial charge in [-0.15, -0.1) is 0 Å². The smallest absolute Gasteiger partial charge is 0.0594 e. The predicted octanol–water partition coefficient (Wildman–Crippen LogP) is 2.31. The van der Waals surface area contributed by atoms with Crippen LogP contribution in [0.1, 0.15) is 26.7 Å². The van der Waals surface area contributed by atoms with Gasteiger partial charge in [-0.2, -0.15) is 0 Å². The van der Waals surface area contributed by atoms with Crippen LogP contribution in [0.25, 0.3) is 0 Å². The molecule has 0 aromatic rings. The first-order valence-electron chi connectivity index (χ1n) is 6.24. The lowest BCUT2D eigenvalue weighted by molar-refractivity contribution is 0.0287. The predicted molar refractivity (Wildman–Crippen MR) is 62.9 cm³/mol. The highest BCUT2D eigenvalue weighted by atomic mass is 16.5. The fourth-order valence-corrected chi connectivity index (χ4v) is 2.76. The summed E-state index contributed by atoms with van der Waals surface area (Å²) in [6, 6.07) is 0. The lowest BCUT2D eigenvalue weighted by atomic mass is 9.80. The van der Waals surface area contributed by atoms with Gasteiger partial charge in [0.05, 0.1) is 13.2 Å². The van der Waals surface area contributed by atoms with Crippen molar-refractivity contribution >= 4 is 0 Å². The molecule has 0 saturated carbocycles. The van der Waals surface area contributed by atoms with Crippen molar-refractivity contribution in [3.8, 4) is 0 Å². The van der Waals surface area contributed by atoms with Gasteiger partial charge in [-0.1, -0.05) is 18.6 Å². The molecule has 2 atom stereocenters. The number of nitrogens with zero attached hydrogens (tertiary/aromatic N) is 1. The van der Waals surface area contributed by atoms with E-state index in [0.717, 1.165) is 38.1 Å². The van der Waals surface area contributed by atoms with E-state index >= 15 is 0 Å². The van der Waals surface area contributed by atoms with Gasteiger partial charge < -0.3 is 4.74 Å². The standard InChI is InChI=1S/C13H23NO/c1-11-4-3-5-12(2)13(11)10-14-6-8-15-9-7-14/h4,12-13H,3,5-10H2,1-2H3/t12-,13-/m0/s1. The van der Waals surface area contributed by atoms with Crippen LogP contribution >= 0.6 is 0 Å². The van der Waals surface area contributed by atoms with Crippen molar-refractivity contribution < 1.29 is 4.74 Å². The Labute approximate surface area is 93.3 Å². The zero-order chi connectivity index (χ0) is 10.7. The van der Waals surface area contributed by atoms with E-state index in [2.05, 4.69) is 24.8 Å². The highest BCUT2D eigenvalue weighted by Crippen LogP contribution is 2.30. The number of rotatable bonds is 2. The highest BCUT2D eigenvalue weighted by Gasteiger charge is 2.24. The molecule has 2 aliphatic rings. The SMILES string of the molecule is CC1=CCC[C@H](C)[C@H]1CN1CCOCC1. The Morgan fingerprint density at radius 2 is 2.13 bits per heavy atom. The van der Waals surface area contributed by atoms with Crippen LogP contribution in [-0.4, -0.2) is 37.7 Å². The van der Waals surface area contributed by atoms with E-state index in [0.29, 0.717) is 0 Å². The second-order valence-corrected chi connectivity index (χ2v) is 5.02. The first-order valence-corrected chi connectivity index (χ1v) is 6.24. The quantitative estimate of drug-likeness (QED) is 0.647. The molecule has 15 heavy (non-hydrogen) atoms. The molecule has 1 aliphatic carbocycles. The molecule has 0 N–H and O–H groups in total. The van der Waals surface area contributed by atoms with E-state index in [1.54, 1.807) is 5.57 Å². The van der Waals surface area contributed by atoms with E-state index in [1.807, 2.05) is 0 Å². The molecule has 1 aliphatic heterocycles. The largest absolute Gasteiger partial charge is 0.379 e. The summed E-state index contributed by atoms with van der Waals surface area (Å²) in [5.41, 5.74) is 1.61. The summed E-state index contributed by atoms with van der Waals surface area (Å²) < 4.78 is 5.39. The fraction of sp³-hybridized carbons (Fsp3) is 0.846. The van der Waals surface area contributed by atoms with Crippen LogP contribution in [-0.2, 0) is 4.74 Å². The summed E-state index contributed by atoms with van der Waals surface area (Å²) in [6.07, 6.45) is 5.09. The molecule has 0 unspecified atom stereocenters. The van der Waals surface area contributed by atoms with Gasteiger partial charge in [-0.25, -0.2) is 0 Å². The Morgan fingerprint density at radius 1 is 1.40 bits per heavy atom. The maximum atomic E-state index is 5.39. The topological polar surface area (TPSA) is 12.5 Å². The van der Waals surface area contributed by atoms with Gasteiger partial charge in [0.25, 0.3) is 0 Å². The molecule has 0 spiro atoms. The molecule has 0 aromatic heterocycles. The third-order valence-electron chi connectivity index (χ3n) is 3.92. The highest BCUT2D eigenvalue weighted by molar-refractivity contribution is 5.09. The first-order chi connectivity index (χ1) is 7.27. The molecule has 1 heterocycles. The molecule has 0 amide bonds. The molecule has 2 heteroatoms. The number of allylic oxidation sites excluding steroid dienone is 1. The van der Waals surface area contributed by atoms with Crippen LogP contribution < -0.4 is 0 Å². The van der Waals surface area contributed by atoms with Crippen molar-refractivity contribution in [1.82, 2.24) is 4.90 Å². The first kappa shape index (κ1) is 11.2. The molecule has 1 fully saturated rings. The van der Waals surface area contributed by atoms with E-state index < -0.39 is 0 Å². The molecular formula is C13H23NO. The van der Waals surface area contributed by atoms with Crippen molar-refractivity contribution in [2.75, 3.05) is 32.8 Å². The normalized spacial score (nSPS) is 33.9. The van der Waals surface area contributed by atoms with E-state index in [9.17, 15) is 0 Å². The minimum atomic E-state index is 0.789. The Balaban J connectivity index is 1.91.